The van der Waals surface area contributed by atoms with Gasteiger partial charge in [-0.25, -0.2) is 0 Å². The Hall–Kier alpha value is -1.49. The monoisotopic (exact) mass is 147 g/mol. The third-order valence-corrected chi connectivity index (χ3v) is 1.58. The Morgan fingerprint density at radius 2 is 2.55 bits per heavy atom. The average molecular weight is 147 g/mol. The topological polar surface area (TPSA) is 36.9 Å². The molecule has 0 aliphatic carbocycles. The van der Waals surface area contributed by atoms with Crippen molar-refractivity contribution in [1.82, 2.24) is 0 Å². The summed E-state index contributed by atoms with van der Waals surface area (Å²) in [6.07, 6.45) is 3.71. The normalized spacial score (nSPS) is 9.09. The van der Waals surface area contributed by atoms with Gasteiger partial charge in [0.25, 0.3) is 0 Å². The number of rotatable bonds is 2. The van der Waals surface area contributed by atoms with E-state index in [0.29, 0.717) is 6.42 Å². The van der Waals surface area contributed by atoms with Crippen LogP contribution in [0.1, 0.15) is 16.9 Å². The van der Waals surface area contributed by atoms with Crippen molar-refractivity contribution >= 4 is 6.08 Å². The molecule has 11 heavy (non-hydrogen) atoms. The number of nitrogens with zero attached hydrogens (tertiary/aromatic N) is 1. The van der Waals surface area contributed by atoms with E-state index in [0.717, 1.165) is 16.9 Å². The maximum absolute atomic E-state index is 8.42. The summed E-state index contributed by atoms with van der Waals surface area (Å²) in [5.41, 5.74) is 1.87. The molecular weight excluding hydrogens is 138 g/mol. The Balaban J connectivity index is 3.07. The molecule has 0 aromatic carbocycles. The van der Waals surface area contributed by atoms with Gasteiger partial charge in [-0.05, 0) is 6.92 Å². The van der Waals surface area contributed by atoms with Gasteiger partial charge in [0.2, 0.25) is 0 Å². The Labute approximate surface area is 65.8 Å². The predicted molar refractivity (Wildman–Crippen MR) is 42.9 cm³/mol. The summed E-state index contributed by atoms with van der Waals surface area (Å²) in [7, 11) is 0. The molecule has 0 radical (unpaired) electrons. The van der Waals surface area contributed by atoms with E-state index in [1.54, 1.807) is 12.3 Å². The van der Waals surface area contributed by atoms with Gasteiger partial charge in [0.05, 0.1) is 18.8 Å². The highest BCUT2D eigenvalue weighted by Crippen LogP contribution is 2.17. The molecule has 1 aromatic heterocycles. The summed E-state index contributed by atoms with van der Waals surface area (Å²) >= 11 is 0. The zero-order chi connectivity index (χ0) is 8.27. The lowest BCUT2D eigenvalue weighted by molar-refractivity contribution is 0.532. The van der Waals surface area contributed by atoms with Gasteiger partial charge in [0.15, 0.2) is 0 Å². The lowest BCUT2D eigenvalue weighted by atomic mass is 10.1. The van der Waals surface area contributed by atoms with Crippen molar-refractivity contribution in [2.24, 2.45) is 0 Å². The molecule has 0 spiro atoms. The number of hydrogen-bond acceptors (Lipinski definition) is 2. The van der Waals surface area contributed by atoms with Crippen LogP contribution in [0.2, 0.25) is 0 Å². The minimum Gasteiger partial charge on any atom is -0.469 e. The van der Waals surface area contributed by atoms with E-state index < -0.39 is 0 Å². The highest BCUT2D eigenvalue weighted by molar-refractivity contribution is 5.53. The summed E-state index contributed by atoms with van der Waals surface area (Å²) in [4.78, 5) is 0. The molecule has 2 nitrogen and oxygen atoms in total. The smallest absolute Gasteiger partial charge is 0.108 e. The lowest BCUT2D eigenvalue weighted by Gasteiger charge is -1.89. The van der Waals surface area contributed by atoms with Crippen molar-refractivity contribution < 1.29 is 4.42 Å². The second-order valence-corrected chi connectivity index (χ2v) is 2.27. The van der Waals surface area contributed by atoms with Crippen LogP contribution in [0, 0.1) is 18.3 Å². The van der Waals surface area contributed by atoms with Gasteiger partial charge in [0.1, 0.15) is 5.76 Å². The van der Waals surface area contributed by atoms with Crippen LogP contribution < -0.4 is 0 Å². The Kier molecular flexibility index (Phi) is 2.12. The first-order valence-electron chi connectivity index (χ1n) is 3.36. The molecule has 0 amide bonds. The number of nitriles is 1. The van der Waals surface area contributed by atoms with Crippen LogP contribution in [-0.4, -0.2) is 0 Å². The molecule has 0 saturated carbocycles. The van der Waals surface area contributed by atoms with Crippen molar-refractivity contribution in [2.75, 3.05) is 0 Å². The minimum atomic E-state index is 0.388. The predicted octanol–water partition coefficient (Wildman–Crippen LogP) is 2.30. The van der Waals surface area contributed by atoms with Crippen LogP contribution in [0.3, 0.4) is 0 Å². The second kappa shape index (κ2) is 3.07. The van der Waals surface area contributed by atoms with Crippen molar-refractivity contribution in [2.45, 2.75) is 13.3 Å². The fraction of sp³-hybridized carbons (Fsp3) is 0.222. The van der Waals surface area contributed by atoms with Crippen LogP contribution >= 0.6 is 0 Å². The molecule has 56 valence electrons. The Morgan fingerprint density at radius 1 is 1.82 bits per heavy atom. The Morgan fingerprint density at radius 3 is 3.09 bits per heavy atom. The zero-order valence-corrected chi connectivity index (χ0v) is 6.42. The molecule has 0 unspecified atom stereocenters. The molecule has 0 aliphatic rings. The maximum atomic E-state index is 8.42. The molecule has 0 saturated heterocycles. The van der Waals surface area contributed by atoms with Crippen LogP contribution in [0.25, 0.3) is 6.08 Å². The summed E-state index contributed by atoms with van der Waals surface area (Å²) in [5.74, 6) is 0.824. The SMILES string of the molecule is C=Cc1c(CC#N)coc1C. The number of furan rings is 1. The maximum Gasteiger partial charge on any atom is 0.108 e. The Bertz CT molecular complexity index is 304. The third-order valence-electron chi connectivity index (χ3n) is 1.58. The highest BCUT2D eigenvalue weighted by Gasteiger charge is 2.05. The molecule has 0 bridgehead atoms. The molecule has 0 fully saturated rings. The summed E-state index contributed by atoms with van der Waals surface area (Å²) in [6.45, 7) is 5.50. The lowest BCUT2D eigenvalue weighted by Crippen LogP contribution is -1.81. The van der Waals surface area contributed by atoms with Crippen LogP contribution in [0.15, 0.2) is 17.3 Å². The first-order valence-corrected chi connectivity index (χ1v) is 3.36. The van der Waals surface area contributed by atoms with E-state index in [1.165, 1.54) is 0 Å². The largest absolute Gasteiger partial charge is 0.469 e. The molecule has 0 aliphatic heterocycles. The van der Waals surface area contributed by atoms with Gasteiger partial charge in [-0.2, -0.15) is 5.26 Å². The fourth-order valence-electron chi connectivity index (χ4n) is 1.01. The van der Waals surface area contributed by atoms with Gasteiger partial charge in [-0.15, -0.1) is 0 Å². The van der Waals surface area contributed by atoms with E-state index in [4.69, 9.17) is 9.68 Å². The number of aryl methyl sites for hydroxylation is 1. The second-order valence-electron chi connectivity index (χ2n) is 2.27. The van der Waals surface area contributed by atoms with E-state index in [1.807, 2.05) is 6.92 Å². The molecule has 1 rings (SSSR count). The van der Waals surface area contributed by atoms with E-state index in [9.17, 15) is 0 Å². The van der Waals surface area contributed by atoms with Gasteiger partial charge >= 0.3 is 0 Å². The van der Waals surface area contributed by atoms with Crippen LogP contribution in [0.5, 0.6) is 0 Å². The number of hydrogen-bond donors (Lipinski definition) is 0. The molecular formula is C9H9NO. The highest BCUT2D eigenvalue weighted by atomic mass is 16.3. The third kappa shape index (κ3) is 1.32. The van der Waals surface area contributed by atoms with Gasteiger partial charge < -0.3 is 4.42 Å². The first-order chi connectivity index (χ1) is 5.29. The van der Waals surface area contributed by atoms with Gasteiger partial charge in [0, 0.05) is 11.1 Å². The molecule has 2 heteroatoms. The van der Waals surface area contributed by atoms with Crippen molar-refractivity contribution in [1.29, 1.82) is 5.26 Å². The summed E-state index contributed by atoms with van der Waals surface area (Å²) < 4.78 is 5.12. The van der Waals surface area contributed by atoms with Crippen LogP contribution in [0.4, 0.5) is 0 Å². The van der Waals surface area contributed by atoms with Crippen molar-refractivity contribution in [3.8, 4) is 6.07 Å². The summed E-state index contributed by atoms with van der Waals surface area (Å²) in [6, 6.07) is 2.06. The van der Waals surface area contributed by atoms with E-state index in [2.05, 4.69) is 12.6 Å². The molecule has 0 N–H and O–H groups in total. The minimum absolute atomic E-state index is 0.388. The van der Waals surface area contributed by atoms with Crippen molar-refractivity contribution in [3.05, 3.63) is 29.7 Å². The standard InChI is InChI=1S/C9H9NO/c1-3-9-7(2)11-6-8(9)4-5-10/h3,6H,1,4H2,2H3. The van der Waals surface area contributed by atoms with Gasteiger partial charge in [-0.3, -0.25) is 0 Å². The quantitative estimate of drug-likeness (QED) is 0.643. The summed E-state index contributed by atoms with van der Waals surface area (Å²) in [5, 5.41) is 8.42. The van der Waals surface area contributed by atoms with Crippen molar-refractivity contribution in [3.63, 3.8) is 0 Å². The zero-order valence-electron chi connectivity index (χ0n) is 6.42. The van der Waals surface area contributed by atoms with Gasteiger partial charge in [-0.1, -0.05) is 12.7 Å². The fourth-order valence-corrected chi connectivity index (χ4v) is 1.01. The molecule has 1 aromatic rings. The molecule has 1 heterocycles. The van der Waals surface area contributed by atoms with E-state index >= 15 is 0 Å². The first kappa shape index (κ1) is 7.62. The average Bonchev–Trinajstić information content (AvgIpc) is 2.33. The molecule has 0 atom stereocenters. The van der Waals surface area contributed by atoms with E-state index in [-0.39, 0.29) is 0 Å². The van der Waals surface area contributed by atoms with Crippen LogP contribution in [-0.2, 0) is 6.42 Å².